The average Bonchev–Trinajstić information content (AvgIpc) is 1.35. The van der Waals surface area contributed by atoms with Crippen molar-refractivity contribution in [2.24, 2.45) is 0 Å². The first-order valence-electron chi connectivity index (χ1n) is 1.89. The molecule has 0 aliphatic rings. The third-order valence-electron chi connectivity index (χ3n) is 0.404. The molecule has 0 aliphatic carbocycles. The minimum atomic E-state index is 1.75. The van der Waals surface area contributed by atoms with E-state index in [0.717, 1.165) is 0 Å². The molecular formula is C5H10N. The first-order chi connectivity index (χ1) is 2.77. The summed E-state index contributed by atoms with van der Waals surface area (Å²) in [6, 6.07) is 0. The van der Waals surface area contributed by atoms with Crippen LogP contribution in [0.3, 0.4) is 0 Å². The van der Waals surface area contributed by atoms with Gasteiger partial charge >= 0.3 is 0 Å². The second kappa shape index (κ2) is 2.76. The Balaban J connectivity index is 3.03. The van der Waals surface area contributed by atoms with E-state index in [2.05, 4.69) is 6.92 Å². The van der Waals surface area contributed by atoms with Crippen molar-refractivity contribution in [1.82, 2.24) is 4.90 Å². The fraction of sp³-hybridized carbons (Fsp3) is 0.400. The highest BCUT2D eigenvalue weighted by atomic mass is 15.0. The van der Waals surface area contributed by atoms with Gasteiger partial charge in [-0.15, -0.1) is 0 Å². The zero-order valence-corrected chi connectivity index (χ0v) is 4.31. The highest BCUT2D eigenvalue weighted by Gasteiger charge is 1.66. The Morgan fingerprint density at radius 3 is 2.00 bits per heavy atom. The van der Waals surface area contributed by atoms with E-state index in [9.17, 15) is 0 Å². The van der Waals surface area contributed by atoms with Crippen molar-refractivity contribution in [1.29, 1.82) is 0 Å². The Labute approximate surface area is 39.3 Å². The van der Waals surface area contributed by atoms with Crippen LogP contribution in [0.1, 0.15) is 0 Å². The molecule has 0 aromatic carbocycles. The lowest BCUT2D eigenvalue weighted by Crippen LogP contribution is -1.98. The lowest BCUT2D eigenvalue weighted by Gasteiger charge is -1.99. The summed E-state index contributed by atoms with van der Waals surface area (Å²) in [6.07, 6.45) is 3.64. The first-order valence-corrected chi connectivity index (χ1v) is 1.89. The summed E-state index contributed by atoms with van der Waals surface area (Å²) < 4.78 is 0. The highest BCUT2D eigenvalue weighted by Crippen LogP contribution is 1.71. The Kier molecular flexibility index (Phi) is 2.55. The molecule has 0 heterocycles. The maximum Gasteiger partial charge on any atom is 0.00555 e. The molecule has 35 valence electrons. The molecule has 0 atom stereocenters. The predicted octanol–water partition coefficient (Wildman–Crippen LogP) is 0.896. The Morgan fingerprint density at radius 1 is 1.50 bits per heavy atom. The molecule has 0 aromatic rings. The van der Waals surface area contributed by atoms with Gasteiger partial charge in [-0.1, -0.05) is 6.08 Å². The Morgan fingerprint density at radius 2 is 2.00 bits per heavy atom. The molecule has 0 aromatic heterocycles. The van der Waals surface area contributed by atoms with Crippen molar-refractivity contribution in [2.45, 2.75) is 0 Å². The van der Waals surface area contributed by atoms with Crippen LogP contribution in [0, 0.1) is 6.92 Å². The molecule has 0 spiro atoms. The van der Waals surface area contributed by atoms with Gasteiger partial charge in [0, 0.05) is 14.1 Å². The van der Waals surface area contributed by atoms with Gasteiger partial charge in [0.25, 0.3) is 0 Å². The zero-order chi connectivity index (χ0) is 4.99. The molecule has 6 heavy (non-hydrogen) atoms. The van der Waals surface area contributed by atoms with E-state index in [0.29, 0.717) is 0 Å². The van der Waals surface area contributed by atoms with Crippen LogP contribution in [-0.4, -0.2) is 19.0 Å². The fourth-order valence-electron chi connectivity index (χ4n) is 0.211. The molecule has 0 unspecified atom stereocenters. The van der Waals surface area contributed by atoms with E-state index < -0.39 is 0 Å². The fourth-order valence-corrected chi connectivity index (χ4v) is 0.211. The van der Waals surface area contributed by atoms with Crippen LogP contribution in [0.2, 0.25) is 0 Å². The zero-order valence-electron chi connectivity index (χ0n) is 4.31. The number of hydrogen-bond donors (Lipinski definition) is 0. The molecule has 0 bridgehead atoms. The molecule has 0 saturated carbocycles. The molecule has 0 fully saturated rings. The van der Waals surface area contributed by atoms with Crippen molar-refractivity contribution in [3.63, 3.8) is 0 Å². The van der Waals surface area contributed by atoms with E-state index >= 15 is 0 Å². The molecule has 0 aliphatic heterocycles. The summed E-state index contributed by atoms with van der Waals surface area (Å²) in [7, 11) is 3.92. The second-order valence-electron chi connectivity index (χ2n) is 1.35. The van der Waals surface area contributed by atoms with E-state index in [1.165, 1.54) is 0 Å². The topological polar surface area (TPSA) is 3.24 Å². The summed E-state index contributed by atoms with van der Waals surface area (Å²) in [5, 5.41) is 0. The molecule has 1 heteroatoms. The number of hydrogen-bond acceptors (Lipinski definition) is 1. The molecular weight excluding hydrogens is 74.1 g/mol. The van der Waals surface area contributed by atoms with Crippen LogP contribution in [0.15, 0.2) is 12.3 Å². The van der Waals surface area contributed by atoms with Crippen LogP contribution in [0.4, 0.5) is 0 Å². The third kappa shape index (κ3) is 3.54. The van der Waals surface area contributed by atoms with Crippen LogP contribution < -0.4 is 0 Å². The summed E-state index contributed by atoms with van der Waals surface area (Å²) >= 11 is 0. The smallest absolute Gasteiger partial charge is 0.00555 e. The predicted molar refractivity (Wildman–Crippen MR) is 28.2 cm³/mol. The van der Waals surface area contributed by atoms with Crippen molar-refractivity contribution in [3.8, 4) is 0 Å². The van der Waals surface area contributed by atoms with Crippen molar-refractivity contribution in [2.75, 3.05) is 14.1 Å². The second-order valence-corrected chi connectivity index (χ2v) is 1.35. The summed E-state index contributed by atoms with van der Waals surface area (Å²) in [5.74, 6) is 0. The van der Waals surface area contributed by atoms with Gasteiger partial charge in [-0.3, -0.25) is 0 Å². The number of rotatable bonds is 1. The number of allylic oxidation sites excluding steroid dienone is 1. The minimum Gasteiger partial charge on any atom is -0.384 e. The first kappa shape index (κ1) is 5.54. The van der Waals surface area contributed by atoms with Gasteiger partial charge in [-0.2, -0.15) is 0 Å². The molecule has 0 saturated heterocycles. The normalized spacial score (nSPS) is 9.83. The molecule has 1 radical (unpaired) electrons. The number of nitrogens with zero attached hydrogens (tertiary/aromatic N) is 1. The van der Waals surface area contributed by atoms with Crippen molar-refractivity contribution in [3.05, 3.63) is 19.2 Å². The van der Waals surface area contributed by atoms with Gasteiger partial charge in [0.1, 0.15) is 0 Å². The van der Waals surface area contributed by atoms with Crippen LogP contribution in [0.25, 0.3) is 0 Å². The van der Waals surface area contributed by atoms with E-state index in [1.54, 1.807) is 6.08 Å². The summed E-state index contributed by atoms with van der Waals surface area (Å²) in [5.41, 5.74) is 0. The summed E-state index contributed by atoms with van der Waals surface area (Å²) in [4.78, 5) is 1.94. The monoisotopic (exact) mass is 84.1 g/mol. The summed E-state index contributed by atoms with van der Waals surface area (Å²) in [6.45, 7) is 3.50. The van der Waals surface area contributed by atoms with E-state index in [1.807, 2.05) is 25.2 Å². The third-order valence-corrected chi connectivity index (χ3v) is 0.404. The van der Waals surface area contributed by atoms with Crippen molar-refractivity contribution >= 4 is 0 Å². The van der Waals surface area contributed by atoms with Gasteiger partial charge in [-0.25, -0.2) is 0 Å². The largest absolute Gasteiger partial charge is 0.384 e. The van der Waals surface area contributed by atoms with Crippen LogP contribution in [0.5, 0.6) is 0 Å². The molecule has 0 amide bonds. The average molecular weight is 84.1 g/mol. The van der Waals surface area contributed by atoms with Gasteiger partial charge in [0.2, 0.25) is 0 Å². The van der Waals surface area contributed by atoms with Crippen LogP contribution in [-0.2, 0) is 0 Å². The molecule has 1 nitrogen and oxygen atoms in total. The standard InChI is InChI=1S/C5H10N/c1-4-5-6(2)3/h4-5H,1H2,2-3H3. The Bertz CT molecular complexity index is 45.9. The SMILES string of the molecule is [CH2]C=CN(C)C. The maximum absolute atomic E-state index is 3.50. The van der Waals surface area contributed by atoms with E-state index in [-0.39, 0.29) is 0 Å². The molecule has 0 N–H and O–H groups in total. The van der Waals surface area contributed by atoms with Crippen LogP contribution >= 0.6 is 0 Å². The lowest BCUT2D eigenvalue weighted by molar-refractivity contribution is 0.564. The van der Waals surface area contributed by atoms with Gasteiger partial charge in [0.05, 0.1) is 0 Å². The lowest BCUT2D eigenvalue weighted by atomic mass is 10.7. The van der Waals surface area contributed by atoms with Crippen molar-refractivity contribution < 1.29 is 0 Å². The van der Waals surface area contributed by atoms with Gasteiger partial charge in [-0.05, 0) is 13.1 Å². The quantitative estimate of drug-likeness (QED) is 0.456. The maximum atomic E-state index is 3.50. The van der Waals surface area contributed by atoms with E-state index in [4.69, 9.17) is 0 Å². The molecule has 0 rings (SSSR count). The van der Waals surface area contributed by atoms with Gasteiger partial charge in [0.15, 0.2) is 0 Å². The Hall–Kier alpha value is -0.460. The highest BCUT2D eigenvalue weighted by molar-refractivity contribution is 4.80. The minimum absolute atomic E-state index is 1.75. The van der Waals surface area contributed by atoms with Gasteiger partial charge < -0.3 is 4.90 Å².